The second kappa shape index (κ2) is 7.43. The van der Waals surface area contributed by atoms with Crippen LogP contribution in [-0.2, 0) is 16.1 Å². The third kappa shape index (κ3) is 3.59. The van der Waals surface area contributed by atoms with Crippen LogP contribution in [-0.4, -0.2) is 16.7 Å². The molecule has 0 fully saturated rings. The first-order chi connectivity index (χ1) is 13.9. The fourth-order valence-corrected chi connectivity index (χ4v) is 3.34. The van der Waals surface area contributed by atoms with E-state index in [4.69, 9.17) is 4.42 Å². The summed E-state index contributed by atoms with van der Waals surface area (Å²) in [7, 11) is 0. The van der Waals surface area contributed by atoms with E-state index in [0.717, 1.165) is 27.9 Å². The van der Waals surface area contributed by atoms with E-state index >= 15 is 0 Å². The van der Waals surface area contributed by atoms with Gasteiger partial charge in [0.15, 0.2) is 0 Å². The zero-order valence-electron chi connectivity index (χ0n) is 16.7. The fourth-order valence-electron chi connectivity index (χ4n) is 3.34. The lowest BCUT2D eigenvalue weighted by Crippen LogP contribution is -2.31. The molecule has 1 aliphatic rings. The van der Waals surface area contributed by atoms with Gasteiger partial charge in [0, 0.05) is 5.69 Å². The van der Waals surface area contributed by atoms with Crippen LogP contribution in [0.1, 0.15) is 28.0 Å². The molecular weight excluding hydrogens is 364 g/mol. The number of anilines is 1. The van der Waals surface area contributed by atoms with E-state index < -0.39 is 0 Å². The van der Waals surface area contributed by atoms with Crippen LogP contribution in [0.2, 0.25) is 0 Å². The van der Waals surface area contributed by atoms with Gasteiger partial charge < -0.3 is 9.73 Å². The SMILES string of the molecule is Cc1ccc(NC2=C(c3ccc(C)c(C)c3)C(=O)N(Cc3ccco3)C2=O)cc1. The fraction of sp³-hybridized carbons (Fsp3) is 0.167. The van der Waals surface area contributed by atoms with Gasteiger partial charge in [-0.2, -0.15) is 0 Å². The van der Waals surface area contributed by atoms with Crippen molar-refractivity contribution in [2.24, 2.45) is 0 Å². The first-order valence-corrected chi connectivity index (χ1v) is 9.48. The first kappa shape index (κ1) is 18.7. The molecule has 0 atom stereocenters. The summed E-state index contributed by atoms with van der Waals surface area (Å²) in [6, 6.07) is 17.0. The molecule has 3 aromatic rings. The number of carbonyl (C=O) groups is 2. The van der Waals surface area contributed by atoms with Gasteiger partial charge in [-0.3, -0.25) is 14.5 Å². The van der Waals surface area contributed by atoms with Crippen molar-refractivity contribution >= 4 is 23.1 Å². The van der Waals surface area contributed by atoms with Gasteiger partial charge in [0.25, 0.3) is 11.8 Å². The minimum absolute atomic E-state index is 0.0953. The Hall–Kier alpha value is -3.60. The Kier molecular flexibility index (Phi) is 4.80. The molecule has 0 aliphatic carbocycles. The van der Waals surface area contributed by atoms with Gasteiger partial charge >= 0.3 is 0 Å². The molecule has 1 aromatic heterocycles. The van der Waals surface area contributed by atoms with Crippen LogP contribution in [0.5, 0.6) is 0 Å². The lowest BCUT2D eigenvalue weighted by atomic mass is 9.99. The average Bonchev–Trinajstić information content (AvgIpc) is 3.29. The van der Waals surface area contributed by atoms with Crippen LogP contribution in [0.25, 0.3) is 5.57 Å². The summed E-state index contributed by atoms with van der Waals surface area (Å²) in [6.07, 6.45) is 1.53. The molecule has 0 radical (unpaired) electrons. The van der Waals surface area contributed by atoms with Gasteiger partial charge in [-0.1, -0.05) is 35.9 Å². The minimum Gasteiger partial charge on any atom is -0.467 e. The Labute approximate surface area is 169 Å². The number of hydrogen-bond acceptors (Lipinski definition) is 4. The Bertz CT molecular complexity index is 1110. The summed E-state index contributed by atoms with van der Waals surface area (Å²) in [4.78, 5) is 27.7. The van der Waals surface area contributed by atoms with E-state index in [-0.39, 0.29) is 24.1 Å². The lowest BCUT2D eigenvalue weighted by molar-refractivity contribution is -0.137. The number of hydrogen-bond donors (Lipinski definition) is 1. The quantitative estimate of drug-likeness (QED) is 0.651. The number of carbonyl (C=O) groups excluding carboxylic acids is 2. The van der Waals surface area contributed by atoms with Crippen molar-refractivity contribution in [2.45, 2.75) is 27.3 Å². The maximum atomic E-state index is 13.3. The maximum absolute atomic E-state index is 13.3. The third-order valence-corrected chi connectivity index (χ3v) is 5.18. The van der Waals surface area contributed by atoms with Crippen LogP contribution in [0.4, 0.5) is 5.69 Å². The Morgan fingerprint density at radius 1 is 0.897 bits per heavy atom. The number of benzene rings is 2. The summed E-state index contributed by atoms with van der Waals surface area (Å²) in [5, 5.41) is 3.18. The lowest BCUT2D eigenvalue weighted by Gasteiger charge is -2.13. The van der Waals surface area contributed by atoms with Crippen molar-refractivity contribution in [3.8, 4) is 0 Å². The van der Waals surface area contributed by atoms with E-state index in [2.05, 4.69) is 5.32 Å². The number of furan rings is 1. The number of nitrogens with zero attached hydrogens (tertiary/aromatic N) is 1. The molecule has 29 heavy (non-hydrogen) atoms. The van der Waals surface area contributed by atoms with Crippen LogP contribution in [0.3, 0.4) is 0 Å². The maximum Gasteiger partial charge on any atom is 0.278 e. The van der Waals surface area contributed by atoms with Gasteiger partial charge in [-0.05, 0) is 61.7 Å². The van der Waals surface area contributed by atoms with E-state index in [1.54, 1.807) is 12.1 Å². The monoisotopic (exact) mass is 386 g/mol. The van der Waals surface area contributed by atoms with Crippen molar-refractivity contribution in [2.75, 3.05) is 5.32 Å². The van der Waals surface area contributed by atoms with E-state index in [1.165, 1.54) is 11.2 Å². The van der Waals surface area contributed by atoms with Crippen molar-refractivity contribution in [1.29, 1.82) is 0 Å². The van der Waals surface area contributed by atoms with E-state index in [1.807, 2.05) is 63.2 Å². The molecule has 0 saturated heterocycles. The highest BCUT2D eigenvalue weighted by Gasteiger charge is 2.39. The topological polar surface area (TPSA) is 62.6 Å². The molecule has 2 heterocycles. The molecule has 4 rings (SSSR count). The van der Waals surface area contributed by atoms with E-state index in [9.17, 15) is 9.59 Å². The van der Waals surface area contributed by atoms with Gasteiger partial charge in [-0.25, -0.2) is 0 Å². The highest BCUT2D eigenvalue weighted by Crippen LogP contribution is 2.32. The molecule has 0 saturated carbocycles. The smallest absolute Gasteiger partial charge is 0.278 e. The molecule has 5 nitrogen and oxygen atoms in total. The standard InChI is InChI=1S/C24H22N2O3/c1-15-6-10-19(11-7-15)25-22-21(18-9-8-16(2)17(3)13-18)23(27)26(24(22)28)14-20-5-4-12-29-20/h4-13,25H,14H2,1-3H3. The number of nitrogens with one attached hydrogen (secondary N) is 1. The van der Waals surface area contributed by atoms with Gasteiger partial charge in [0.05, 0.1) is 18.4 Å². The largest absolute Gasteiger partial charge is 0.467 e. The average molecular weight is 386 g/mol. The third-order valence-electron chi connectivity index (χ3n) is 5.18. The minimum atomic E-state index is -0.361. The summed E-state index contributed by atoms with van der Waals surface area (Å²) >= 11 is 0. The number of amides is 2. The van der Waals surface area contributed by atoms with Crippen molar-refractivity contribution in [3.05, 3.63) is 94.6 Å². The second-order valence-corrected chi connectivity index (χ2v) is 7.32. The van der Waals surface area contributed by atoms with Crippen LogP contribution in [0.15, 0.2) is 71.0 Å². The first-order valence-electron chi connectivity index (χ1n) is 9.48. The molecule has 2 amide bonds. The van der Waals surface area contributed by atoms with Gasteiger partial charge in [-0.15, -0.1) is 0 Å². The van der Waals surface area contributed by atoms with Gasteiger partial charge in [0.1, 0.15) is 11.5 Å². The van der Waals surface area contributed by atoms with Gasteiger partial charge in [0.2, 0.25) is 0 Å². The van der Waals surface area contributed by atoms with Crippen molar-refractivity contribution in [1.82, 2.24) is 4.90 Å². The van der Waals surface area contributed by atoms with Crippen molar-refractivity contribution < 1.29 is 14.0 Å². The zero-order valence-corrected chi connectivity index (χ0v) is 16.7. The molecule has 0 bridgehead atoms. The van der Waals surface area contributed by atoms with Crippen LogP contribution >= 0.6 is 0 Å². The summed E-state index contributed by atoms with van der Waals surface area (Å²) < 4.78 is 5.35. The Morgan fingerprint density at radius 3 is 2.31 bits per heavy atom. The molecule has 146 valence electrons. The summed E-state index contributed by atoms with van der Waals surface area (Å²) in [6.45, 7) is 6.11. The number of aryl methyl sites for hydroxylation is 3. The molecule has 5 heteroatoms. The molecule has 0 unspecified atom stereocenters. The highest BCUT2D eigenvalue weighted by atomic mass is 16.3. The van der Waals surface area contributed by atoms with E-state index in [0.29, 0.717) is 11.3 Å². The highest BCUT2D eigenvalue weighted by molar-refractivity contribution is 6.36. The van der Waals surface area contributed by atoms with Crippen molar-refractivity contribution in [3.63, 3.8) is 0 Å². The number of rotatable bonds is 5. The number of imide groups is 1. The second-order valence-electron chi connectivity index (χ2n) is 7.32. The predicted octanol–water partition coefficient (Wildman–Crippen LogP) is 4.60. The molecule has 1 aliphatic heterocycles. The predicted molar refractivity (Wildman–Crippen MR) is 112 cm³/mol. The molecular formula is C24H22N2O3. The zero-order chi connectivity index (χ0) is 20.5. The summed E-state index contributed by atoms with van der Waals surface area (Å²) in [5.41, 5.74) is 5.46. The molecule has 2 aromatic carbocycles. The Morgan fingerprint density at radius 2 is 1.66 bits per heavy atom. The molecule has 0 spiro atoms. The summed E-state index contributed by atoms with van der Waals surface area (Å²) in [5.74, 6) is -0.132. The van der Waals surface area contributed by atoms with Crippen LogP contribution in [0, 0.1) is 20.8 Å². The Balaban J connectivity index is 1.77. The molecule has 1 N–H and O–H groups in total. The normalized spacial score (nSPS) is 14.1. The van der Waals surface area contributed by atoms with Crippen LogP contribution < -0.4 is 5.32 Å².